The summed E-state index contributed by atoms with van der Waals surface area (Å²) in [6.45, 7) is 3.77. The Morgan fingerprint density at radius 3 is 2.89 bits per heavy atom. The van der Waals surface area contributed by atoms with Crippen molar-refractivity contribution in [2.45, 2.75) is 32.3 Å². The van der Waals surface area contributed by atoms with E-state index in [4.69, 9.17) is 15.9 Å². The van der Waals surface area contributed by atoms with E-state index >= 15 is 0 Å². The maximum absolute atomic E-state index is 7.68. The highest BCUT2D eigenvalue weighted by atomic mass is 16.5. The molecule has 1 aromatic carbocycles. The molecule has 4 heteroatoms. The number of ether oxygens (including phenoxy) is 1. The third-order valence-electron chi connectivity index (χ3n) is 3.61. The zero-order valence-corrected chi connectivity index (χ0v) is 11.8. The summed E-state index contributed by atoms with van der Waals surface area (Å²) < 4.78 is 5.77. The van der Waals surface area contributed by atoms with Crippen LogP contribution in [0.15, 0.2) is 18.2 Å². The van der Waals surface area contributed by atoms with Crippen molar-refractivity contribution in [2.24, 2.45) is 5.73 Å². The minimum atomic E-state index is 0.117. The average molecular weight is 261 g/mol. The summed E-state index contributed by atoms with van der Waals surface area (Å²) in [5, 5.41) is 7.68. The number of hydrogen-bond acceptors (Lipinski definition) is 3. The van der Waals surface area contributed by atoms with E-state index in [0.29, 0.717) is 6.10 Å². The Labute approximate surface area is 115 Å². The number of benzene rings is 1. The van der Waals surface area contributed by atoms with Gasteiger partial charge < -0.3 is 15.4 Å². The summed E-state index contributed by atoms with van der Waals surface area (Å²) >= 11 is 0. The van der Waals surface area contributed by atoms with Crippen LogP contribution in [0.4, 0.5) is 5.69 Å². The Bertz CT molecular complexity index is 453. The average Bonchev–Trinajstić information content (AvgIpc) is 2.39. The summed E-state index contributed by atoms with van der Waals surface area (Å²) in [6.07, 6.45) is 3.82. The molecule has 1 unspecified atom stereocenters. The van der Waals surface area contributed by atoms with Crippen molar-refractivity contribution in [3.8, 4) is 0 Å². The molecule has 1 saturated heterocycles. The number of anilines is 1. The first-order chi connectivity index (χ1) is 9.08. The number of nitrogens with two attached hydrogens (primary N) is 1. The van der Waals surface area contributed by atoms with Crippen LogP contribution in [-0.4, -0.2) is 32.1 Å². The highest BCUT2D eigenvalue weighted by molar-refractivity contribution is 6.00. The Morgan fingerprint density at radius 1 is 1.47 bits per heavy atom. The smallest absolute Gasteiger partial charge is 0.124 e. The van der Waals surface area contributed by atoms with E-state index < -0.39 is 0 Å². The Morgan fingerprint density at radius 2 is 2.26 bits per heavy atom. The van der Waals surface area contributed by atoms with Crippen LogP contribution in [0.2, 0.25) is 0 Å². The van der Waals surface area contributed by atoms with E-state index in [0.717, 1.165) is 30.8 Å². The zero-order valence-electron chi connectivity index (χ0n) is 11.8. The number of aryl methyl sites for hydroxylation is 1. The predicted octanol–water partition coefficient (Wildman–Crippen LogP) is 2.28. The van der Waals surface area contributed by atoms with Crippen molar-refractivity contribution in [3.05, 3.63) is 29.3 Å². The van der Waals surface area contributed by atoms with E-state index in [1.807, 2.05) is 19.2 Å². The minimum absolute atomic E-state index is 0.117. The molecular weight excluding hydrogens is 238 g/mol. The molecule has 1 fully saturated rings. The largest absolute Gasteiger partial charge is 0.384 e. The first kappa shape index (κ1) is 13.9. The number of amidine groups is 1. The Balaban J connectivity index is 2.14. The second-order valence-electron chi connectivity index (χ2n) is 5.30. The van der Waals surface area contributed by atoms with Crippen molar-refractivity contribution < 1.29 is 4.74 Å². The molecule has 0 radical (unpaired) electrons. The van der Waals surface area contributed by atoms with Gasteiger partial charge in [0.15, 0.2) is 0 Å². The van der Waals surface area contributed by atoms with Crippen LogP contribution in [0.1, 0.15) is 30.4 Å². The van der Waals surface area contributed by atoms with E-state index in [2.05, 4.69) is 17.9 Å². The minimum Gasteiger partial charge on any atom is -0.384 e. The molecular formula is C15H23N3O. The lowest BCUT2D eigenvalue weighted by molar-refractivity contribution is 0.0216. The molecule has 1 heterocycles. The van der Waals surface area contributed by atoms with Crippen LogP contribution < -0.4 is 10.6 Å². The summed E-state index contributed by atoms with van der Waals surface area (Å²) in [6, 6.07) is 6.00. The zero-order chi connectivity index (χ0) is 13.8. The quantitative estimate of drug-likeness (QED) is 0.645. The van der Waals surface area contributed by atoms with E-state index in [1.165, 1.54) is 18.4 Å². The summed E-state index contributed by atoms with van der Waals surface area (Å²) in [5.74, 6) is 0.117. The number of rotatable bonds is 4. The lowest BCUT2D eigenvalue weighted by Crippen LogP contribution is -2.34. The van der Waals surface area contributed by atoms with Gasteiger partial charge in [0.1, 0.15) is 5.84 Å². The Kier molecular flexibility index (Phi) is 4.43. The van der Waals surface area contributed by atoms with E-state index in [1.54, 1.807) is 0 Å². The molecule has 1 aromatic rings. The maximum Gasteiger partial charge on any atom is 0.124 e. The normalized spacial score (nSPS) is 19.2. The van der Waals surface area contributed by atoms with Crippen LogP contribution in [0, 0.1) is 12.3 Å². The van der Waals surface area contributed by atoms with Crippen LogP contribution in [-0.2, 0) is 4.74 Å². The molecule has 104 valence electrons. The SMILES string of the molecule is Cc1ccc(C(=N)N)c(N(C)CC2CCCCO2)c1. The van der Waals surface area contributed by atoms with Crippen molar-refractivity contribution in [1.82, 2.24) is 0 Å². The molecule has 19 heavy (non-hydrogen) atoms. The van der Waals surface area contributed by atoms with Crippen molar-refractivity contribution in [1.29, 1.82) is 5.41 Å². The molecule has 0 aliphatic carbocycles. The third kappa shape index (κ3) is 3.47. The van der Waals surface area contributed by atoms with E-state index in [9.17, 15) is 0 Å². The fraction of sp³-hybridized carbons (Fsp3) is 0.533. The van der Waals surface area contributed by atoms with Gasteiger partial charge in [-0.25, -0.2) is 0 Å². The maximum atomic E-state index is 7.68. The third-order valence-corrected chi connectivity index (χ3v) is 3.61. The van der Waals surface area contributed by atoms with Crippen molar-refractivity contribution >= 4 is 11.5 Å². The number of likely N-dealkylation sites (N-methyl/N-ethyl adjacent to an activating group) is 1. The van der Waals surface area contributed by atoms with Crippen LogP contribution in [0.25, 0.3) is 0 Å². The topological polar surface area (TPSA) is 62.3 Å². The molecule has 1 aliphatic rings. The van der Waals surface area contributed by atoms with Gasteiger partial charge >= 0.3 is 0 Å². The Hall–Kier alpha value is -1.55. The van der Waals surface area contributed by atoms with Gasteiger partial charge in [0, 0.05) is 31.5 Å². The molecule has 0 saturated carbocycles. The fourth-order valence-electron chi connectivity index (χ4n) is 2.54. The van der Waals surface area contributed by atoms with Crippen molar-refractivity contribution in [2.75, 3.05) is 25.1 Å². The molecule has 1 aliphatic heterocycles. The molecule has 4 nitrogen and oxygen atoms in total. The van der Waals surface area contributed by atoms with Gasteiger partial charge in [-0.3, -0.25) is 5.41 Å². The van der Waals surface area contributed by atoms with Crippen molar-refractivity contribution in [3.63, 3.8) is 0 Å². The molecule has 3 N–H and O–H groups in total. The molecule has 2 rings (SSSR count). The molecule has 0 amide bonds. The summed E-state index contributed by atoms with van der Waals surface area (Å²) in [7, 11) is 2.04. The predicted molar refractivity (Wildman–Crippen MR) is 79.1 cm³/mol. The lowest BCUT2D eigenvalue weighted by Gasteiger charge is -2.30. The monoisotopic (exact) mass is 261 g/mol. The molecule has 0 aromatic heterocycles. The van der Waals surface area contributed by atoms with Gasteiger partial charge in [-0.05, 0) is 43.9 Å². The van der Waals surface area contributed by atoms with Gasteiger partial charge in [0.25, 0.3) is 0 Å². The highest BCUT2D eigenvalue weighted by Crippen LogP contribution is 2.23. The summed E-state index contributed by atoms with van der Waals surface area (Å²) in [4.78, 5) is 2.15. The van der Waals surface area contributed by atoms with E-state index in [-0.39, 0.29) is 5.84 Å². The fourth-order valence-corrected chi connectivity index (χ4v) is 2.54. The summed E-state index contributed by atoms with van der Waals surface area (Å²) in [5.41, 5.74) is 8.65. The molecule has 0 bridgehead atoms. The number of nitrogen functional groups attached to an aromatic ring is 1. The van der Waals surface area contributed by atoms with Gasteiger partial charge in [-0.2, -0.15) is 0 Å². The lowest BCUT2D eigenvalue weighted by atomic mass is 10.1. The van der Waals surface area contributed by atoms with Gasteiger partial charge in [0.05, 0.1) is 6.10 Å². The first-order valence-electron chi connectivity index (χ1n) is 6.85. The molecule has 0 spiro atoms. The van der Waals surface area contributed by atoms with Crippen LogP contribution in [0.3, 0.4) is 0 Å². The standard InChI is InChI=1S/C15H23N3O/c1-11-6-7-13(15(16)17)14(9-11)18(2)10-12-5-3-4-8-19-12/h6-7,9,12H,3-5,8,10H2,1-2H3,(H3,16,17). The van der Waals surface area contributed by atoms with Gasteiger partial charge in [0.2, 0.25) is 0 Å². The molecule has 1 atom stereocenters. The second kappa shape index (κ2) is 6.06. The first-order valence-corrected chi connectivity index (χ1v) is 6.85. The van der Waals surface area contributed by atoms with Crippen LogP contribution >= 0.6 is 0 Å². The second-order valence-corrected chi connectivity index (χ2v) is 5.30. The number of nitrogens with zero attached hydrogens (tertiary/aromatic N) is 1. The number of nitrogens with one attached hydrogen (secondary N) is 1. The van der Waals surface area contributed by atoms with Gasteiger partial charge in [-0.15, -0.1) is 0 Å². The highest BCUT2D eigenvalue weighted by Gasteiger charge is 2.18. The number of hydrogen-bond donors (Lipinski definition) is 2. The van der Waals surface area contributed by atoms with Crippen LogP contribution in [0.5, 0.6) is 0 Å². The van der Waals surface area contributed by atoms with Gasteiger partial charge in [-0.1, -0.05) is 6.07 Å².